The maximum absolute atomic E-state index is 10.8. The molecule has 47 valence electrons. The first-order chi connectivity index (χ1) is 4.22. The van der Waals surface area contributed by atoms with Crippen LogP contribution < -0.4 is 5.56 Å². The van der Waals surface area contributed by atoms with E-state index >= 15 is 0 Å². The number of aromatic nitrogens is 1. The van der Waals surface area contributed by atoms with Crippen molar-refractivity contribution >= 4 is 0 Å². The van der Waals surface area contributed by atoms with Gasteiger partial charge < -0.3 is 4.57 Å². The van der Waals surface area contributed by atoms with E-state index in [1.54, 1.807) is 17.7 Å². The average Bonchev–Trinajstić information content (AvgIpc) is 1.83. The number of hydrogen-bond donors (Lipinski definition) is 0. The summed E-state index contributed by atoms with van der Waals surface area (Å²) in [4.78, 5) is 10.8. The quantitative estimate of drug-likeness (QED) is 0.491. The molecule has 0 N–H and O–H groups in total. The lowest BCUT2D eigenvalue weighted by molar-refractivity contribution is 0.818. The van der Waals surface area contributed by atoms with E-state index < -0.39 is 0 Å². The molecular weight excluding hydrogens is 114 g/mol. The third-order valence-corrected chi connectivity index (χ3v) is 1.36. The Morgan fingerprint density at radius 1 is 1.56 bits per heavy atom. The highest BCUT2D eigenvalue weighted by Gasteiger charge is 1.88. The number of aryl methyl sites for hydroxylation is 1. The highest BCUT2D eigenvalue weighted by Crippen LogP contribution is 1.86. The third kappa shape index (κ3) is 1.02. The van der Waals surface area contributed by atoms with Crippen molar-refractivity contribution in [3.63, 3.8) is 0 Å². The number of nitrogens with zero attached hydrogens (tertiary/aromatic N) is 1. The van der Waals surface area contributed by atoms with Crippen LogP contribution >= 0.6 is 0 Å². The molecule has 9 heavy (non-hydrogen) atoms. The van der Waals surface area contributed by atoms with Crippen molar-refractivity contribution < 1.29 is 0 Å². The molecular formula is C7H8NO. The van der Waals surface area contributed by atoms with Crippen LogP contribution in [0.5, 0.6) is 0 Å². The minimum absolute atomic E-state index is 0.00463. The Kier molecular flexibility index (Phi) is 1.39. The molecule has 0 aliphatic heterocycles. The molecule has 0 amide bonds. The Morgan fingerprint density at radius 2 is 2.22 bits per heavy atom. The fourth-order valence-corrected chi connectivity index (χ4v) is 0.601. The second-order valence-corrected chi connectivity index (χ2v) is 1.99. The lowest BCUT2D eigenvalue weighted by Crippen LogP contribution is -2.16. The molecule has 0 aromatic carbocycles. The van der Waals surface area contributed by atoms with Crippen molar-refractivity contribution in [1.29, 1.82) is 0 Å². The average molecular weight is 122 g/mol. The molecule has 1 aromatic heterocycles. The highest BCUT2D eigenvalue weighted by molar-refractivity contribution is 5.01. The van der Waals surface area contributed by atoms with Gasteiger partial charge in [0.2, 0.25) is 0 Å². The first-order valence-corrected chi connectivity index (χ1v) is 2.75. The van der Waals surface area contributed by atoms with Gasteiger partial charge in [0.15, 0.2) is 0 Å². The maximum Gasteiger partial charge on any atom is 0.251 e. The van der Waals surface area contributed by atoms with Gasteiger partial charge in [0, 0.05) is 18.8 Å². The second kappa shape index (κ2) is 2.05. The van der Waals surface area contributed by atoms with E-state index in [0.29, 0.717) is 0 Å². The topological polar surface area (TPSA) is 22.0 Å². The third-order valence-electron chi connectivity index (χ3n) is 1.36. The Bertz CT molecular complexity index is 262. The fourth-order valence-electron chi connectivity index (χ4n) is 0.601. The molecule has 0 aliphatic rings. The molecule has 2 nitrogen and oxygen atoms in total. The van der Waals surface area contributed by atoms with Gasteiger partial charge in [0.05, 0.1) is 0 Å². The van der Waals surface area contributed by atoms with Gasteiger partial charge in [-0.3, -0.25) is 4.79 Å². The Morgan fingerprint density at radius 3 is 2.67 bits per heavy atom. The first-order valence-electron chi connectivity index (χ1n) is 2.75. The summed E-state index contributed by atoms with van der Waals surface area (Å²) in [5, 5.41) is 0. The summed E-state index contributed by atoms with van der Waals surface area (Å²) in [7, 11) is 1.74. The number of rotatable bonds is 0. The van der Waals surface area contributed by atoms with Gasteiger partial charge in [-0.15, -0.1) is 0 Å². The summed E-state index contributed by atoms with van der Waals surface area (Å²) >= 11 is 0. The molecule has 0 fully saturated rings. The predicted octanol–water partition coefficient (Wildman–Crippen LogP) is 0.494. The van der Waals surface area contributed by atoms with E-state index in [9.17, 15) is 4.79 Å². The molecule has 0 saturated carbocycles. The summed E-state index contributed by atoms with van der Waals surface area (Å²) in [6, 6.07) is 5.94. The lowest BCUT2D eigenvalue weighted by Gasteiger charge is -1.98. The van der Waals surface area contributed by atoms with Crippen LogP contribution in [0.1, 0.15) is 5.69 Å². The van der Waals surface area contributed by atoms with E-state index in [0.717, 1.165) is 5.69 Å². The predicted molar refractivity (Wildman–Crippen MR) is 35.3 cm³/mol. The monoisotopic (exact) mass is 122 g/mol. The van der Waals surface area contributed by atoms with E-state index in [-0.39, 0.29) is 5.56 Å². The van der Waals surface area contributed by atoms with Gasteiger partial charge in [-0.25, -0.2) is 0 Å². The van der Waals surface area contributed by atoms with Crippen LogP contribution in [0.2, 0.25) is 0 Å². The largest absolute Gasteiger partial charge is 0.316 e. The van der Waals surface area contributed by atoms with Gasteiger partial charge in [-0.05, 0) is 19.1 Å². The zero-order valence-corrected chi connectivity index (χ0v) is 5.51. The van der Waals surface area contributed by atoms with Crippen LogP contribution in [-0.2, 0) is 7.05 Å². The van der Waals surface area contributed by atoms with Crippen molar-refractivity contribution in [3.05, 3.63) is 34.2 Å². The Balaban J connectivity index is 3.43. The molecule has 1 aromatic rings. The van der Waals surface area contributed by atoms with E-state index in [1.165, 1.54) is 6.07 Å². The molecule has 0 unspecified atom stereocenters. The molecule has 1 rings (SSSR count). The summed E-state index contributed by atoms with van der Waals surface area (Å²) in [6.45, 7) is 1.87. The van der Waals surface area contributed by atoms with Crippen LogP contribution in [0.4, 0.5) is 0 Å². The summed E-state index contributed by atoms with van der Waals surface area (Å²) < 4.78 is 1.58. The SMILES string of the molecule is Cc1c[c]cc(=O)n1C. The fraction of sp³-hybridized carbons (Fsp3) is 0.286. The molecule has 0 spiro atoms. The smallest absolute Gasteiger partial charge is 0.251 e. The van der Waals surface area contributed by atoms with Crippen molar-refractivity contribution in [2.24, 2.45) is 7.05 Å². The van der Waals surface area contributed by atoms with Crippen LogP contribution in [0.15, 0.2) is 16.9 Å². The maximum atomic E-state index is 10.8. The normalized spacial score (nSPS) is 9.56. The summed E-state index contributed by atoms with van der Waals surface area (Å²) in [5.74, 6) is 0. The molecule has 2 heteroatoms. The second-order valence-electron chi connectivity index (χ2n) is 1.99. The van der Waals surface area contributed by atoms with Gasteiger partial charge in [-0.2, -0.15) is 0 Å². The summed E-state index contributed by atoms with van der Waals surface area (Å²) in [6.07, 6.45) is 0. The van der Waals surface area contributed by atoms with Gasteiger partial charge in [0.1, 0.15) is 0 Å². The zero-order chi connectivity index (χ0) is 6.85. The van der Waals surface area contributed by atoms with Crippen LogP contribution in [0, 0.1) is 13.0 Å². The minimum atomic E-state index is -0.00463. The Labute approximate surface area is 53.8 Å². The van der Waals surface area contributed by atoms with Crippen molar-refractivity contribution in [2.75, 3.05) is 0 Å². The van der Waals surface area contributed by atoms with Crippen LogP contribution in [0.3, 0.4) is 0 Å². The van der Waals surface area contributed by atoms with Gasteiger partial charge in [0.25, 0.3) is 5.56 Å². The molecule has 0 saturated heterocycles. The zero-order valence-electron chi connectivity index (χ0n) is 5.51. The van der Waals surface area contributed by atoms with E-state index in [2.05, 4.69) is 6.07 Å². The van der Waals surface area contributed by atoms with E-state index in [4.69, 9.17) is 0 Å². The summed E-state index contributed by atoms with van der Waals surface area (Å²) in [5.41, 5.74) is 0.928. The van der Waals surface area contributed by atoms with Crippen LogP contribution in [0.25, 0.3) is 0 Å². The Hall–Kier alpha value is -1.05. The number of hydrogen-bond acceptors (Lipinski definition) is 1. The molecule has 0 bridgehead atoms. The standard InChI is InChI=1S/C7H8NO/c1-6-4-3-5-7(9)8(6)2/h4-5H,1-2H3. The van der Waals surface area contributed by atoms with Crippen molar-refractivity contribution in [3.8, 4) is 0 Å². The molecule has 1 heterocycles. The van der Waals surface area contributed by atoms with E-state index in [1.807, 2.05) is 6.92 Å². The van der Waals surface area contributed by atoms with Crippen molar-refractivity contribution in [2.45, 2.75) is 6.92 Å². The van der Waals surface area contributed by atoms with Gasteiger partial charge >= 0.3 is 0 Å². The lowest BCUT2D eigenvalue weighted by atomic mass is 10.4. The first kappa shape index (κ1) is 6.08. The molecule has 0 aliphatic carbocycles. The van der Waals surface area contributed by atoms with Crippen molar-refractivity contribution in [1.82, 2.24) is 4.57 Å². The minimum Gasteiger partial charge on any atom is -0.316 e. The highest BCUT2D eigenvalue weighted by atomic mass is 16.1. The van der Waals surface area contributed by atoms with Gasteiger partial charge in [-0.1, -0.05) is 0 Å². The molecule has 0 atom stereocenters. The number of pyridine rings is 1. The molecule has 1 radical (unpaired) electrons. The van der Waals surface area contributed by atoms with Crippen LogP contribution in [-0.4, -0.2) is 4.57 Å².